The molecule has 1 aromatic carbocycles. The fourth-order valence-corrected chi connectivity index (χ4v) is 4.47. The molecule has 0 fully saturated rings. The van der Waals surface area contributed by atoms with Gasteiger partial charge in [0.15, 0.2) is 0 Å². The number of aryl methyl sites for hydroxylation is 1. The van der Waals surface area contributed by atoms with Crippen LogP contribution in [-0.4, -0.2) is 6.16 Å². The van der Waals surface area contributed by atoms with Crippen molar-refractivity contribution in [3.05, 3.63) is 52.3 Å². The lowest BCUT2D eigenvalue weighted by Crippen LogP contribution is -2.09. The normalized spacial score (nSPS) is 24.9. The average Bonchev–Trinajstić information content (AvgIpc) is 2.25. The van der Waals surface area contributed by atoms with Crippen LogP contribution in [-0.2, 0) is 4.57 Å². The first kappa shape index (κ1) is 11.7. The molecular formula is C13H14ClOP. The summed E-state index contributed by atoms with van der Waals surface area (Å²) in [5, 5.41) is 1.64. The second-order valence-electron chi connectivity index (χ2n) is 4.23. The summed E-state index contributed by atoms with van der Waals surface area (Å²) in [4.78, 5) is 0. The fourth-order valence-electron chi connectivity index (χ4n) is 1.78. The molecule has 1 heterocycles. The largest absolute Gasteiger partial charge is 0.314 e. The third-order valence-corrected chi connectivity index (χ3v) is 6.01. The Kier molecular flexibility index (Phi) is 3.10. The van der Waals surface area contributed by atoms with Gasteiger partial charge in [-0.1, -0.05) is 41.4 Å². The van der Waals surface area contributed by atoms with E-state index in [1.54, 1.807) is 11.9 Å². The fraction of sp³-hybridized carbons (Fsp3) is 0.231. The Morgan fingerprint density at radius 3 is 2.38 bits per heavy atom. The molecule has 1 aliphatic heterocycles. The molecule has 0 saturated carbocycles. The lowest BCUT2D eigenvalue weighted by Gasteiger charge is -2.19. The highest BCUT2D eigenvalue weighted by Crippen LogP contribution is 2.51. The van der Waals surface area contributed by atoms with E-state index in [4.69, 9.17) is 11.6 Å². The van der Waals surface area contributed by atoms with E-state index >= 15 is 0 Å². The van der Waals surface area contributed by atoms with Crippen molar-refractivity contribution in [2.24, 2.45) is 0 Å². The summed E-state index contributed by atoms with van der Waals surface area (Å²) < 4.78 is 12.7. The molecule has 0 radical (unpaired) electrons. The van der Waals surface area contributed by atoms with Gasteiger partial charge in [0, 0.05) is 16.5 Å². The van der Waals surface area contributed by atoms with Gasteiger partial charge >= 0.3 is 0 Å². The van der Waals surface area contributed by atoms with Crippen molar-refractivity contribution < 1.29 is 4.57 Å². The smallest absolute Gasteiger partial charge is 0.140 e. The molecule has 1 unspecified atom stereocenters. The zero-order chi connectivity index (χ0) is 11.8. The molecule has 16 heavy (non-hydrogen) atoms. The highest BCUT2D eigenvalue weighted by Gasteiger charge is 2.25. The Balaban J connectivity index is 2.40. The summed E-state index contributed by atoms with van der Waals surface area (Å²) in [6.45, 7) is 3.96. The van der Waals surface area contributed by atoms with Crippen LogP contribution in [0.5, 0.6) is 0 Å². The van der Waals surface area contributed by atoms with Crippen LogP contribution in [0.3, 0.4) is 0 Å². The molecule has 0 N–H and O–H groups in total. The first-order valence-corrected chi connectivity index (χ1v) is 7.56. The number of benzene rings is 1. The number of hydrogen-bond donors (Lipinski definition) is 0. The van der Waals surface area contributed by atoms with Gasteiger partial charge in [0.2, 0.25) is 0 Å². The molecule has 1 aromatic rings. The summed E-state index contributed by atoms with van der Waals surface area (Å²) in [7, 11) is -2.40. The number of hydrogen-bond acceptors (Lipinski definition) is 1. The van der Waals surface area contributed by atoms with Gasteiger partial charge in [0.05, 0.1) is 0 Å². The molecule has 84 valence electrons. The lowest BCUT2D eigenvalue weighted by atomic mass is 10.2. The Labute approximate surface area is 101 Å². The van der Waals surface area contributed by atoms with Crippen molar-refractivity contribution >= 4 is 24.0 Å². The summed E-state index contributed by atoms with van der Waals surface area (Å²) in [5.74, 6) is 1.77. The quantitative estimate of drug-likeness (QED) is 0.690. The molecule has 2 rings (SSSR count). The first-order chi connectivity index (χ1) is 7.51. The van der Waals surface area contributed by atoms with Crippen LogP contribution in [0.15, 0.2) is 46.8 Å². The van der Waals surface area contributed by atoms with Crippen molar-refractivity contribution in [3.8, 4) is 0 Å². The maximum absolute atomic E-state index is 12.7. The molecule has 0 aliphatic carbocycles. The molecule has 0 amide bonds. The van der Waals surface area contributed by atoms with E-state index < -0.39 is 7.14 Å². The van der Waals surface area contributed by atoms with Crippen LogP contribution in [0.2, 0.25) is 0 Å². The lowest BCUT2D eigenvalue weighted by molar-refractivity contribution is 0.587. The van der Waals surface area contributed by atoms with Crippen molar-refractivity contribution in [1.29, 1.82) is 0 Å². The minimum absolute atomic E-state index is 0.561. The summed E-state index contributed by atoms with van der Waals surface area (Å²) in [6.07, 6.45) is 2.33. The molecule has 3 heteroatoms. The van der Waals surface area contributed by atoms with Crippen LogP contribution >= 0.6 is 18.7 Å². The second-order valence-corrected chi connectivity index (χ2v) is 7.36. The Morgan fingerprint density at radius 2 is 1.81 bits per heavy atom. The van der Waals surface area contributed by atoms with Crippen LogP contribution < -0.4 is 5.30 Å². The molecule has 0 bridgehead atoms. The molecule has 1 atom stereocenters. The topological polar surface area (TPSA) is 17.1 Å². The third-order valence-electron chi connectivity index (χ3n) is 2.81. The van der Waals surface area contributed by atoms with E-state index in [2.05, 4.69) is 0 Å². The van der Waals surface area contributed by atoms with E-state index in [9.17, 15) is 4.57 Å². The maximum atomic E-state index is 12.7. The summed E-state index contributed by atoms with van der Waals surface area (Å²) in [6, 6.07) is 7.90. The third kappa shape index (κ3) is 2.16. The monoisotopic (exact) mass is 252 g/mol. The van der Waals surface area contributed by atoms with E-state index in [0.29, 0.717) is 6.16 Å². The van der Waals surface area contributed by atoms with Crippen molar-refractivity contribution in [3.63, 3.8) is 0 Å². The Bertz CT molecular complexity index is 511. The maximum Gasteiger partial charge on any atom is 0.140 e. The number of allylic oxidation sites excluding steroid dienone is 3. The molecule has 1 aliphatic rings. The SMILES string of the molecule is CC1=C(Cl)C=CP(=O)(c2ccc(C)cc2)C1. The van der Waals surface area contributed by atoms with Gasteiger partial charge in [0.1, 0.15) is 7.14 Å². The highest BCUT2D eigenvalue weighted by atomic mass is 35.5. The van der Waals surface area contributed by atoms with Gasteiger partial charge in [-0.3, -0.25) is 0 Å². The predicted molar refractivity (Wildman–Crippen MR) is 71.0 cm³/mol. The minimum atomic E-state index is -2.40. The molecule has 0 spiro atoms. The first-order valence-electron chi connectivity index (χ1n) is 5.22. The van der Waals surface area contributed by atoms with Crippen LogP contribution in [0.1, 0.15) is 12.5 Å². The van der Waals surface area contributed by atoms with Gasteiger partial charge < -0.3 is 4.57 Å². The van der Waals surface area contributed by atoms with Gasteiger partial charge in [-0.05, 0) is 31.3 Å². The zero-order valence-electron chi connectivity index (χ0n) is 9.40. The van der Waals surface area contributed by atoms with E-state index in [0.717, 1.165) is 15.9 Å². The average molecular weight is 253 g/mol. The second kappa shape index (κ2) is 4.24. The molecule has 0 aromatic heterocycles. The predicted octanol–water partition coefficient (Wildman–Crippen LogP) is 4.02. The molecule has 0 saturated heterocycles. The summed E-state index contributed by atoms with van der Waals surface area (Å²) in [5.41, 5.74) is 2.19. The van der Waals surface area contributed by atoms with Gasteiger partial charge in [-0.25, -0.2) is 0 Å². The van der Waals surface area contributed by atoms with Crippen molar-refractivity contribution in [1.82, 2.24) is 0 Å². The highest BCUT2D eigenvalue weighted by molar-refractivity contribution is 7.74. The Hall–Kier alpha value is -0.780. The van der Waals surface area contributed by atoms with Crippen molar-refractivity contribution in [2.45, 2.75) is 13.8 Å². The van der Waals surface area contributed by atoms with E-state index in [1.807, 2.05) is 38.1 Å². The van der Waals surface area contributed by atoms with Crippen molar-refractivity contribution in [2.75, 3.05) is 6.16 Å². The zero-order valence-corrected chi connectivity index (χ0v) is 11.1. The Morgan fingerprint density at radius 1 is 1.19 bits per heavy atom. The van der Waals surface area contributed by atoms with Crippen LogP contribution in [0.25, 0.3) is 0 Å². The standard InChI is InChI=1S/C13H14ClOP/c1-10-3-5-12(6-4-10)16(15)8-7-13(14)11(2)9-16/h3-8H,9H2,1-2H3. The molecule has 1 nitrogen and oxygen atoms in total. The van der Waals surface area contributed by atoms with Gasteiger partial charge in [0.25, 0.3) is 0 Å². The van der Waals surface area contributed by atoms with Crippen LogP contribution in [0.4, 0.5) is 0 Å². The van der Waals surface area contributed by atoms with E-state index in [1.165, 1.54) is 5.56 Å². The summed E-state index contributed by atoms with van der Waals surface area (Å²) >= 11 is 5.98. The van der Waals surface area contributed by atoms with Crippen LogP contribution in [0, 0.1) is 6.92 Å². The van der Waals surface area contributed by atoms with Gasteiger partial charge in [-0.2, -0.15) is 0 Å². The number of rotatable bonds is 1. The minimum Gasteiger partial charge on any atom is -0.314 e. The molecular weight excluding hydrogens is 239 g/mol. The number of halogens is 1. The van der Waals surface area contributed by atoms with Gasteiger partial charge in [-0.15, -0.1) is 0 Å². The van der Waals surface area contributed by atoms with E-state index in [-0.39, 0.29) is 0 Å².